The van der Waals surface area contributed by atoms with E-state index in [4.69, 9.17) is 4.98 Å². The van der Waals surface area contributed by atoms with E-state index < -0.39 is 21.5 Å². The fraction of sp³-hybridized carbons (Fsp3) is 0.550. The number of nitrogens with one attached hydrogen (secondary N) is 1. The van der Waals surface area contributed by atoms with Crippen LogP contribution >= 0.6 is 0 Å². The lowest BCUT2D eigenvalue weighted by molar-refractivity contribution is 0.531. The van der Waals surface area contributed by atoms with Crippen molar-refractivity contribution in [3.8, 4) is 6.07 Å². The minimum Gasteiger partial charge on any atom is -0.598 e. The van der Waals surface area contributed by atoms with Gasteiger partial charge in [0.05, 0.1) is 23.0 Å². The van der Waals surface area contributed by atoms with Crippen molar-refractivity contribution in [3.63, 3.8) is 0 Å². The number of benzene rings is 1. The van der Waals surface area contributed by atoms with E-state index in [1.54, 1.807) is 7.05 Å². The van der Waals surface area contributed by atoms with Crippen molar-refractivity contribution < 1.29 is 4.55 Å². The van der Waals surface area contributed by atoms with Crippen molar-refractivity contribution in [3.05, 3.63) is 39.4 Å². The predicted octanol–water partition coefficient (Wildman–Crippen LogP) is 2.91. The first-order valence-corrected chi connectivity index (χ1v) is 10.3. The van der Waals surface area contributed by atoms with E-state index in [9.17, 15) is 14.6 Å². The number of aryl methyl sites for hydroxylation is 1. The van der Waals surface area contributed by atoms with Crippen molar-refractivity contribution >= 4 is 22.3 Å². The molecule has 1 fully saturated rings. The summed E-state index contributed by atoms with van der Waals surface area (Å²) in [6, 6.07) is 5.88. The summed E-state index contributed by atoms with van der Waals surface area (Å²) in [6.45, 7) is 9.59. The van der Waals surface area contributed by atoms with E-state index in [1.807, 2.05) is 46.8 Å². The molecule has 7 heteroatoms. The van der Waals surface area contributed by atoms with Crippen LogP contribution in [-0.2, 0) is 23.8 Å². The molecular weight excluding hydrogens is 360 g/mol. The number of aromatic nitrogens is 2. The number of hydrogen-bond donors (Lipinski definition) is 1. The summed E-state index contributed by atoms with van der Waals surface area (Å²) >= 11 is -1.25. The van der Waals surface area contributed by atoms with Crippen LogP contribution in [0.3, 0.4) is 0 Å². The van der Waals surface area contributed by atoms with E-state index in [1.165, 1.54) is 4.57 Å². The fourth-order valence-electron chi connectivity index (χ4n) is 3.22. The van der Waals surface area contributed by atoms with E-state index >= 15 is 0 Å². The van der Waals surface area contributed by atoms with Gasteiger partial charge in [-0.25, -0.2) is 4.98 Å². The van der Waals surface area contributed by atoms with Crippen molar-refractivity contribution in [1.82, 2.24) is 14.3 Å². The smallest absolute Gasteiger partial charge is 0.261 e. The predicted molar refractivity (Wildman–Crippen MR) is 108 cm³/mol. The van der Waals surface area contributed by atoms with Crippen LogP contribution in [0.4, 0.5) is 0 Å². The van der Waals surface area contributed by atoms with Gasteiger partial charge in [-0.2, -0.15) is 5.26 Å². The second kappa shape index (κ2) is 6.62. The van der Waals surface area contributed by atoms with Crippen LogP contribution in [0.1, 0.15) is 63.5 Å². The van der Waals surface area contributed by atoms with Gasteiger partial charge in [-0.3, -0.25) is 9.36 Å². The molecule has 27 heavy (non-hydrogen) atoms. The summed E-state index contributed by atoms with van der Waals surface area (Å²) < 4.78 is 16.8. The largest absolute Gasteiger partial charge is 0.598 e. The third-order valence-corrected chi connectivity index (χ3v) is 6.73. The molecule has 6 nitrogen and oxygen atoms in total. The molecule has 0 radical (unpaired) electrons. The van der Waals surface area contributed by atoms with E-state index in [0.29, 0.717) is 16.7 Å². The molecule has 0 aliphatic heterocycles. The maximum atomic E-state index is 13.0. The van der Waals surface area contributed by atoms with Gasteiger partial charge in [0, 0.05) is 24.0 Å². The van der Waals surface area contributed by atoms with Crippen LogP contribution in [0.2, 0.25) is 0 Å². The molecule has 0 spiro atoms. The summed E-state index contributed by atoms with van der Waals surface area (Å²) in [5.41, 5.74) is 1.56. The summed E-state index contributed by atoms with van der Waals surface area (Å²) in [6.07, 6.45) is 1.44. The number of hydrogen-bond acceptors (Lipinski definition) is 5. The Morgan fingerprint density at radius 2 is 2.04 bits per heavy atom. The molecule has 1 heterocycles. The zero-order chi connectivity index (χ0) is 20.1. The van der Waals surface area contributed by atoms with Crippen molar-refractivity contribution in [2.24, 2.45) is 7.05 Å². The summed E-state index contributed by atoms with van der Waals surface area (Å²) in [5.74, 6) is 0.525. The second-order valence-corrected chi connectivity index (χ2v) is 10.5. The number of rotatable bonds is 4. The van der Waals surface area contributed by atoms with Crippen molar-refractivity contribution in [2.75, 3.05) is 0 Å². The van der Waals surface area contributed by atoms with E-state index in [0.717, 1.165) is 24.0 Å². The van der Waals surface area contributed by atoms with Gasteiger partial charge in [-0.1, -0.05) is 6.07 Å². The molecule has 1 aliphatic rings. The second-order valence-electron chi connectivity index (χ2n) is 8.46. The van der Waals surface area contributed by atoms with E-state index in [-0.39, 0.29) is 11.6 Å². The highest BCUT2D eigenvalue weighted by atomic mass is 32.2. The molecule has 2 aromatic rings. The molecule has 0 bridgehead atoms. The Kier molecular flexibility index (Phi) is 4.87. The highest BCUT2D eigenvalue weighted by Crippen LogP contribution is 2.46. The summed E-state index contributed by atoms with van der Waals surface area (Å²) in [5, 5.41) is 10.1. The molecule has 0 saturated heterocycles. The zero-order valence-corrected chi connectivity index (χ0v) is 17.5. The number of nitriles is 1. The summed E-state index contributed by atoms with van der Waals surface area (Å²) in [4.78, 5) is 17.8. The lowest BCUT2D eigenvalue weighted by atomic mass is 10.0. The molecular formula is C20H26N4O2S. The van der Waals surface area contributed by atoms with Crippen LogP contribution < -0.4 is 10.3 Å². The molecule has 1 aliphatic carbocycles. The number of nitrogens with zero attached hydrogens (tertiary/aromatic N) is 3. The standard InChI is InChI=1S/C20H26N4O2S/c1-12-9-14(13(2)23-27(26)19(3,4)5)16-15(10-12)17(25)24(6)18(22-16)20(11-21)7-8-20/h9-10,13,23H,7-8H2,1-6H3/t13-,27?/m1/s1. The molecule has 2 atom stereocenters. The molecule has 1 aromatic carbocycles. The Hall–Kier alpha value is -1.88. The number of fused-ring (bicyclic) bond motifs is 1. The molecule has 3 rings (SSSR count). The third kappa shape index (κ3) is 3.49. The van der Waals surface area contributed by atoms with E-state index in [2.05, 4.69) is 10.8 Å². The Morgan fingerprint density at radius 1 is 1.41 bits per heavy atom. The van der Waals surface area contributed by atoms with Crippen molar-refractivity contribution in [2.45, 2.75) is 63.7 Å². The van der Waals surface area contributed by atoms with Gasteiger partial charge in [0.15, 0.2) is 0 Å². The molecule has 1 unspecified atom stereocenters. The Labute approximate surface area is 162 Å². The molecule has 1 aromatic heterocycles. The van der Waals surface area contributed by atoms with Gasteiger partial charge in [-0.15, -0.1) is 4.72 Å². The van der Waals surface area contributed by atoms with Crippen LogP contribution in [0.25, 0.3) is 10.9 Å². The van der Waals surface area contributed by atoms with Gasteiger partial charge in [0.2, 0.25) is 0 Å². The minimum absolute atomic E-state index is 0.148. The highest BCUT2D eigenvalue weighted by Gasteiger charge is 2.48. The Bertz CT molecular complexity index is 996. The molecule has 144 valence electrons. The lowest BCUT2D eigenvalue weighted by Crippen LogP contribution is -2.40. The van der Waals surface area contributed by atoms with Gasteiger partial charge in [-0.05, 0) is 59.1 Å². The van der Waals surface area contributed by atoms with Crippen LogP contribution in [-0.4, -0.2) is 18.9 Å². The first-order chi connectivity index (χ1) is 12.5. The first kappa shape index (κ1) is 19.9. The Morgan fingerprint density at radius 3 is 2.56 bits per heavy atom. The average molecular weight is 387 g/mol. The zero-order valence-electron chi connectivity index (χ0n) is 16.7. The topological polar surface area (TPSA) is 93.8 Å². The van der Waals surface area contributed by atoms with Crippen LogP contribution in [0, 0.1) is 18.3 Å². The molecule has 0 amide bonds. The van der Waals surface area contributed by atoms with Gasteiger partial charge in [0.25, 0.3) is 5.56 Å². The SMILES string of the molecule is Cc1cc([C@@H](C)N[S+]([O-])C(C)(C)C)c2nc(C3(C#N)CC3)n(C)c(=O)c2c1. The van der Waals surface area contributed by atoms with Crippen molar-refractivity contribution in [1.29, 1.82) is 5.26 Å². The fourth-order valence-corrected chi connectivity index (χ4v) is 4.02. The van der Waals surface area contributed by atoms with Gasteiger partial charge >= 0.3 is 0 Å². The highest BCUT2D eigenvalue weighted by molar-refractivity contribution is 7.90. The quantitative estimate of drug-likeness (QED) is 0.816. The summed E-state index contributed by atoms with van der Waals surface area (Å²) in [7, 11) is 1.68. The lowest BCUT2D eigenvalue weighted by Gasteiger charge is -2.27. The average Bonchev–Trinajstić information content (AvgIpc) is 3.38. The molecule has 1 saturated carbocycles. The van der Waals surface area contributed by atoms with Gasteiger partial charge in [0.1, 0.15) is 16.0 Å². The maximum absolute atomic E-state index is 13.0. The normalized spacial score (nSPS) is 18.1. The monoisotopic (exact) mass is 386 g/mol. The van der Waals surface area contributed by atoms with Crippen LogP contribution in [0.15, 0.2) is 16.9 Å². The van der Waals surface area contributed by atoms with Crippen LogP contribution in [0.5, 0.6) is 0 Å². The third-order valence-electron chi connectivity index (χ3n) is 5.05. The molecule has 1 N–H and O–H groups in total. The maximum Gasteiger partial charge on any atom is 0.261 e. The first-order valence-electron chi connectivity index (χ1n) is 9.11. The Balaban J connectivity index is 2.19. The van der Waals surface area contributed by atoms with Gasteiger partial charge < -0.3 is 4.55 Å². The minimum atomic E-state index is -1.25.